The minimum atomic E-state index is -0.963. The molecule has 0 spiro atoms. The van der Waals surface area contributed by atoms with E-state index in [1.54, 1.807) is 21.0 Å². The van der Waals surface area contributed by atoms with E-state index in [0.29, 0.717) is 5.56 Å². The number of carbonyl (C=O) groups excluding carboxylic acids is 2. The van der Waals surface area contributed by atoms with Crippen molar-refractivity contribution in [3.63, 3.8) is 0 Å². The smallest absolute Gasteiger partial charge is 0.372 e. The van der Waals surface area contributed by atoms with E-state index < -0.39 is 36.2 Å². The molecule has 0 N–H and O–H groups in total. The third kappa shape index (κ3) is 4.47. The average molecular weight is 384 g/mol. The van der Waals surface area contributed by atoms with Crippen LogP contribution in [-0.2, 0) is 28.5 Å². The van der Waals surface area contributed by atoms with Crippen molar-refractivity contribution in [3.8, 4) is 0 Å². The van der Waals surface area contributed by atoms with E-state index in [9.17, 15) is 9.59 Å². The van der Waals surface area contributed by atoms with Gasteiger partial charge in [-0.25, -0.2) is 4.79 Å². The van der Waals surface area contributed by atoms with Crippen LogP contribution in [0.3, 0.4) is 0 Å². The summed E-state index contributed by atoms with van der Waals surface area (Å²) in [5.41, 5.74) is 1.62. The molecule has 0 radical (unpaired) electrons. The summed E-state index contributed by atoms with van der Waals surface area (Å²) in [5, 5.41) is 0. The van der Waals surface area contributed by atoms with Gasteiger partial charge in [-0.1, -0.05) is 60.7 Å². The van der Waals surface area contributed by atoms with Gasteiger partial charge < -0.3 is 18.9 Å². The van der Waals surface area contributed by atoms with Gasteiger partial charge in [-0.3, -0.25) is 4.79 Å². The molecule has 0 amide bonds. The average Bonchev–Trinajstić information content (AvgIpc) is 3.03. The Morgan fingerprint density at radius 1 is 0.929 bits per heavy atom. The molecule has 2 aromatic rings. The Hall–Kier alpha value is -2.54. The first kappa shape index (κ1) is 20.2. The molecule has 6 nitrogen and oxygen atoms in total. The summed E-state index contributed by atoms with van der Waals surface area (Å²) in [6, 6.07) is 18.8. The Balaban J connectivity index is 2.00. The molecular weight excluding hydrogens is 360 g/mol. The van der Waals surface area contributed by atoms with Gasteiger partial charge in [0, 0.05) is 7.11 Å². The van der Waals surface area contributed by atoms with E-state index in [-0.39, 0.29) is 6.29 Å². The molecule has 1 aliphatic heterocycles. The number of hydrogen-bond acceptors (Lipinski definition) is 6. The maximum absolute atomic E-state index is 11.8. The van der Waals surface area contributed by atoms with Crippen LogP contribution in [-0.4, -0.2) is 37.4 Å². The Morgan fingerprint density at radius 3 is 1.86 bits per heavy atom. The van der Waals surface area contributed by atoms with Crippen molar-refractivity contribution in [2.75, 3.05) is 7.11 Å². The molecule has 0 saturated carbocycles. The lowest BCUT2D eigenvalue weighted by atomic mass is 9.93. The monoisotopic (exact) mass is 384 g/mol. The fourth-order valence-electron chi connectivity index (χ4n) is 3.51. The normalized spacial score (nSPS) is 23.0. The molecule has 1 fully saturated rings. The molecule has 0 bridgehead atoms. The van der Waals surface area contributed by atoms with Crippen molar-refractivity contribution in [2.24, 2.45) is 0 Å². The minimum absolute atomic E-state index is 0.150. The predicted octanol–water partition coefficient (Wildman–Crippen LogP) is 3.38. The summed E-state index contributed by atoms with van der Waals surface area (Å²) in [6.45, 7) is 3.59. The number of aldehydes is 1. The zero-order chi connectivity index (χ0) is 20.1. The van der Waals surface area contributed by atoms with Crippen LogP contribution in [0.5, 0.6) is 0 Å². The molecule has 6 heteroatoms. The van der Waals surface area contributed by atoms with Crippen molar-refractivity contribution in [3.05, 3.63) is 71.8 Å². The molecule has 1 heterocycles. The number of carbonyl (C=O) groups is 2. The van der Waals surface area contributed by atoms with E-state index in [4.69, 9.17) is 18.9 Å². The lowest BCUT2D eigenvalue weighted by Gasteiger charge is -2.30. The van der Waals surface area contributed by atoms with Gasteiger partial charge in [0.15, 0.2) is 11.9 Å². The summed E-state index contributed by atoms with van der Waals surface area (Å²) in [5.74, 6) is -1.88. The van der Waals surface area contributed by atoms with E-state index >= 15 is 0 Å². The molecule has 28 heavy (non-hydrogen) atoms. The number of ether oxygens (including phenoxy) is 4. The summed E-state index contributed by atoms with van der Waals surface area (Å²) in [7, 11) is 1.60. The zero-order valence-corrected chi connectivity index (χ0v) is 16.1. The first-order valence-corrected chi connectivity index (χ1v) is 9.09. The maximum atomic E-state index is 11.8. The second-order valence-electron chi connectivity index (χ2n) is 7.02. The van der Waals surface area contributed by atoms with E-state index in [2.05, 4.69) is 0 Å². The van der Waals surface area contributed by atoms with Crippen LogP contribution < -0.4 is 0 Å². The van der Waals surface area contributed by atoms with Crippen LogP contribution in [0.4, 0.5) is 0 Å². The first-order valence-electron chi connectivity index (χ1n) is 9.09. The molecular formula is C22H24O6. The van der Waals surface area contributed by atoms with E-state index in [0.717, 1.165) is 5.56 Å². The van der Waals surface area contributed by atoms with E-state index in [1.165, 1.54) is 0 Å². The number of benzene rings is 2. The molecule has 0 aliphatic carbocycles. The van der Waals surface area contributed by atoms with Crippen molar-refractivity contribution >= 4 is 12.3 Å². The van der Waals surface area contributed by atoms with Gasteiger partial charge in [0.2, 0.25) is 6.29 Å². The molecule has 1 saturated heterocycles. The van der Waals surface area contributed by atoms with Crippen LogP contribution in [0.1, 0.15) is 37.2 Å². The number of esters is 1. The third-order valence-corrected chi connectivity index (χ3v) is 4.61. The van der Waals surface area contributed by atoms with Gasteiger partial charge >= 0.3 is 5.97 Å². The predicted molar refractivity (Wildman–Crippen MR) is 101 cm³/mol. The standard InChI is InChI=1S/C22H24O6/c1-22(2)27-20(18(25-3)15-10-6-4-7-11-15)21(28-22)19(26-17(24)14-23)16-12-8-5-9-13-16/h4-14,18-21H,1-3H3/t18-,19-,20+,21?/m1/s1. The maximum Gasteiger partial charge on any atom is 0.372 e. The van der Waals surface area contributed by atoms with Gasteiger partial charge in [0.25, 0.3) is 0 Å². The van der Waals surface area contributed by atoms with Gasteiger partial charge in [-0.05, 0) is 25.0 Å². The van der Waals surface area contributed by atoms with Crippen molar-refractivity contribution in [2.45, 2.75) is 44.1 Å². The van der Waals surface area contributed by atoms with Crippen LogP contribution >= 0.6 is 0 Å². The highest BCUT2D eigenvalue weighted by molar-refractivity contribution is 6.20. The summed E-state index contributed by atoms with van der Waals surface area (Å²) in [4.78, 5) is 22.7. The topological polar surface area (TPSA) is 71.1 Å². The molecule has 1 aliphatic rings. The van der Waals surface area contributed by atoms with Crippen molar-refractivity contribution in [1.29, 1.82) is 0 Å². The summed E-state index contributed by atoms with van der Waals surface area (Å²) < 4.78 is 23.5. The fourth-order valence-corrected chi connectivity index (χ4v) is 3.51. The van der Waals surface area contributed by atoms with Gasteiger partial charge in [-0.15, -0.1) is 0 Å². The lowest BCUT2D eigenvalue weighted by molar-refractivity contribution is -0.173. The second-order valence-corrected chi connectivity index (χ2v) is 7.02. The van der Waals surface area contributed by atoms with Crippen LogP contribution in [0.2, 0.25) is 0 Å². The summed E-state index contributed by atoms with van der Waals surface area (Å²) in [6.07, 6.45) is -2.36. The highest BCUT2D eigenvalue weighted by Gasteiger charge is 2.50. The lowest BCUT2D eigenvalue weighted by Crippen LogP contribution is -2.37. The summed E-state index contributed by atoms with van der Waals surface area (Å²) >= 11 is 0. The Kier molecular flexibility index (Phi) is 6.24. The van der Waals surface area contributed by atoms with Crippen LogP contribution in [0.25, 0.3) is 0 Å². The Bertz CT molecular complexity index is 789. The highest BCUT2D eigenvalue weighted by atomic mass is 16.8. The van der Waals surface area contributed by atoms with Gasteiger partial charge in [-0.2, -0.15) is 0 Å². The van der Waals surface area contributed by atoms with Crippen molar-refractivity contribution < 1.29 is 28.5 Å². The quantitative estimate of drug-likeness (QED) is 0.414. The Morgan fingerprint density at radius 2 is 1.39 bits per heavy atom. The fraction of sp³-hybridized carbons (Fsp3) is 0.364. The number of methoxy groups -OCH3 is 1. The van der Waals surface area contributed by atoms with Crippen LogP contribution in [0, 0.1) is 0 Å². The van der Waals surface area contributed by atoms with Gasteiger partial charge in [0.05, 0.1) is 0 Å². The Labute approximate surface area is 164 Å². The largest absolute Gasteiger partial charge is 0.449 e. The highest BCUT2D eigenvalue weighted by Crippen LogP contribution is 2.42. The zero-order valence-electron chi connectivity index (χ0n) is 16.1. The SMILES string of the molecule is CO[C@H](c1ccccc1)[C@@H]1OC(C)(C)OC1[C@H](OC(=O)C=O)c1ccccc1. The molecule has 0 aromatic heterocycles. The molecule has 1 unspecified atom stereocenters. The number of rotatable bonds is 7. The molecule has 148 valence electrons. The minimum Gasteiger partial charge on any atom is -0.449 e. The van der Waals surface area contributed by atoms with Crippen molar-refractivity contribution in [1.82, 2.24) is 0 Å². The van der Waals surface area contributed by atoms with Gasteiger partial charge in [0.1, 0.15) is 18.3 Å². The van der Waals surface area contributed by atoms with E-state index in [1.807, 2.05) is 60.7 Å². The second kappa shape index (κ2) is 8.65. The first-order chi connectivity index (χ1) is 13.4. The molecule has 4 atom stereocenters. The molecule has 3 rings (SSSR count). The molecule has 2 aromatic carbocycles. The third-order valence-electron chi connectivity index (χ3n) is 4.61. The number of hydrogen-bond donors (Lipinski definition) is 0. The van der Waals surface area contributed by atoms with Crippen LogP contribution in [0.15, 0.2) is 60.7 Å².